The van der Waals surface area contributed by atoms with E-state index in [1.165, 1.54) is 31.5 Å². The van der Waals surface area contributed by atoms with Gasteiger partial charge in [0, 0.05) is 38.3 Å². The van der Waals surface area contributed by atoms with E-state index in [-0.39, 0.29) is 5.69 Å². The molecule has 7 heteroatoms. The Morgan fingerprint density at radius 3 is 3.00 bits per heavy atom. The number of hydrogen-bond donors (Lipinski definition) is 1. The number of hydrogen-bond acceptors (Lipinski definition) is 6. The third-order valence-electron chi connectivity index (χ3n) is 4.32. The fraction of sp³-hybridized carbons (Fsp3) is 0.667. The highest BCUT2D eigenvalue weighted by atomic mass is 16.6. The molecule has 2 saturated heterocycles. The molecule has 2 fully saturated rings. The van der Waals surface area contributed by atoms with Crippen LogP contribution in [-0.2, 0) is 4.74 Å². The molecule has 1 aromatic rings. The average molecular weight is 306 g/mol. The van der Waals surface area contributed by atoms with Crippen LogP contribution in [0.1, 0.15) is 25.7 Å². The SMILES string of the molecule is O=[N+]([O-])c1ccc(N[C@H]2CCN(C[C@@H]3CCCCO3)C2)nc1. The second-order valence-electron chi connectivity index (χ2n) is 6.04. The van der Waals surface area contributed by atoms with E-state index in [0.717, 1.165) is 32.7 Å². The van der Waals surface area contributed by atoms with Crippen molar-refractivity contribution in [2.24, 2.45) is 0 Å². The first-order chi connectivity index (χ1) is 10.7. The number of nitrogens with zero attached hydrogens (tertiary/aromatic N) is 3. The number of pyridine rings is 1. The minimum Gasteiger partial charge on any atom is -0.377 e. The van der Waals surface area contributed by atoms with Crippen molar-refractivity contribution in [1.82, 2.24) is 9.88 Å². The fourth-order valence-electron chi connectivity index (χ4n) is 3.14. The van der Waals surface area contributed by atoms with Gasteiger partial charge in [0.2, 0.25) is 0 Å². The molecule has 0 bridgehead atoms. The molecule has 7 nitrogen and oxygen atoms in total. The Balaban J connectivity index is 1.47. The summed E-state index contributed by atoms with van der Waals surface area (Å²) in [5.74, 6) is 0.700. The lowest BCUT2D eigenvalue weighted by atomic mass is 10.1. The zero-order valence-electron chi connectivity index (χ0n) is 12.6. The third-order valence-corrected chi connectivity index (χ3v) is 4.32. The van der Waals surface area contributed by atoms with E-state index in [1.807, 2.05) is 0 Å². The van der Waals surface area contributed by atoms with E-state index in [4.69, 9.17) is 4.74 Å². The predicted octanol–water partition coefficient (Wildman–Crippen LogP) is 2.05. The standard InChI is InChI=1S/C15H22N4O3/c20-19(21)13-4-5-15(16-9-13)17-12-6-7-18(10-12)11-14-3-1-2-8-22-14/h4-5,9,12,14H,1-3,6-8,10-11H2,(H,16,17)/t12-,14-/m0/s1. The van der Waals surface area contributed by atoms with E-state index in [0.29, 0.717) is 18.0 Å². The van der Waals surface area contributed by atoms with Crippen LogP contribution in [0.2, 0.25) is 0 Å². The molecule has 1 aromatic heterocycles. The van der Waals surface area contributed by atoms with Crippen molar-refractivity contribution in [2.75, 3.05) is 31.6 Å². The van der Waals surface area contributed by atoms with Crippen LogP contribution >= 0.6 is 0 Å². The summed E-state index contributed by atoms with van der Waals surface area (Å²) in [6, 6.07) is 3.50. The molecule has 2 aliphatic heterocycles. The first-order valence-corrected chi connectivity index (χ1v) is 7.91. The highest BCUT2D eigenvalue weighted by molar-refractivity contribution is 5.41. The number of nitro groups is 1. The number of ether oxygens (including phenoxy) is 1. The van der Waals surface area contributed by atoms with Crippen LogP contribution in [0, 0.1) is 10.1 Å². The van der Waals surface area contributed by atoms with Crippen LogP contribution in [0.25, 0.3) is 0 Å². The summed E-state index contributed by atoms with van der Waals surface area (Å²) in [6.07, 6.45) is 6.36. The Morgan fingerprint density at radius 2 is 2.32 bits per heavy atom. The fourth-order valence-corrected chi connectivity index (χ4v) is 3.14. The molecule has 0 amide bonds. The van der Waals surface area contributed by atoms with Gasteiger partial charge in [0.05, 0.1) is 11.0 Å². The van der Waals surface area contributed by atoms with Gasteiger partial charge in [-0.2, -0.15) is 0 Å². The Labute approximate surface area is 129 Å². The summed E-state index contributed by atoms with van der Waals surface area (Å²) in [6.45, 7) is 3.93. The van der Waals surface area contributed by atoms with Crippen LogP contribution in [0.4, 0.5) is 11.5 Å². The summed E-state index contributed by atoms with van der Waals surface area (Å²) in [5, 5.41) is 14.0. The maximum atomic E-state index is 10.6. The maximum absolute atomic E-state index is 10.6. The van der Waals surface area contributed by atoms with E-state index >= 15 is 0 Å². The molecule has 0 aromatic carbocycles. The van der Waals surface area contributed by atoms with Gasteiger partial charge < -0.3 is 10.1 Å². The lowest BCUT2D eigenvalue weighted by molar-refractivity contribution is -0.385. The van der Waals surface area contributed by atoms with E-state index in [9.17, 15) is 10.1 Å². The van der Waals surface area contributed by atoms with Crippen LogP contribution < -0.4 is 5.32 Å². The number of likely N-dealkylation sites (tertiary alicyclic amines) is 1. The molecule has 3 heterocycles. The second kappa shape index (κ2) is 7.02. The van der Waals surface area contributed by atoms with Gasteiger partial charge in [-0.15, -0.1) is 0 Å². The molecular formula is C15H22N4O3. The zero-order chi connectivity index (χ0) is 15.4. The smallest absolute Gasteiger partial charge is 0.287 e. The number of aromatic nitrogens is 1. The summed E-state index contributed by atoms with van der Waals surface area (Å²) >= 11 is 0. The Bertz CT molecular complexity index is 502. The van der Waals surface area contributed by atoms with Crippen molar-refractivity contribution in [3.8, 4) is 0 Å². The van der Waals surface area contributed by atoms with Crippen LogP contribution in [-0.4, -0.2) is 53.2 Å². The largest absolute Gasteiger partial charge is 0.377 e. The summed E-state index contributed by atoms with van der Waals surface area (Å²) in [4.78, 5) is 16.7. The molecule has 1 N–H and O–H groups in total. The van der Waals surface area contributed by atoms with Crippen molar-refractivity contribution in [2.45, 2.75) is 37.8 Å². The van der Waals surface area contributed by atoms with E-state index < -0.39 is 4.92 Å². The van der Waals surface area contributed by atoms with Crippen molar-refractivity contribution in [3.05, 3.63) is 28.4 Å². The first kappa shape index (κ1) is 15.2. The average Bonchev–Trinajstić information content (AvgIpc) is 2.96. The van der Waals surface area contributed by atoms with Crippen LogP contribution in [0.5, 0.6) is 0 Å². The lowest BCUT2D eigenvalue weighted by Gasteiger charge is -2.27. The first-order valence-electron chi connectivity index (χ1n) is 7.91. The number of anilines is 1. The molecule has 0 saturated carbocycles. The Kier molecular flexibility index (Phi) is 4.84. The minimum atomic E-state index is -0.432. The molecular weight excluding hydrogens is 284 g/mol. The van der Waals surface area contributed by atoms with Gasteiger partial charge in [-0.25, -0.2) is 4.98 Å². The van der Waals surface area contributed by atoms with Gasteiger partial charge in [0.15, 0.2) is 0 Å². The van der Waals surface area contributed by atoms with Gasteiger partial charge >= 0.3 is 0 Å². The molecule has 2 atom stereocenters. The van der Waals surface area contributed by atoms with Gasteiger partial charge in [0.1, 0.15) is 12.0 Å². The normalized spacial score (nSPS) is 26.0. The van der Waals surface area contributed by atoms with Gasteiger partial charge in [-0.05, 0) is 31.7 Å². The Morgan fingerprint density at radius 1 is 1.41 bits per heavy atom. The predicted molar refractivity (Wildman–Crippen MR) is 83.0 cm³/mol. The topological polar surface area (TPSA) is 80.5 Å². The highest BCUT2D eigenvalue weighted by Gasteiger charge is 2.26. The third kappa shape index (κ3) is 3.92. The highest BCUT2D eigenvalue weighted by Crippen LogP contribution is 2.19. The molecule has 0 radical (unpaired) electrons. The summed E-state index contributed by atoms with van der Waals surface area (Å²) in [5.41, 5.74) is 0.0213. The molecule has 0 spiro atoms. The maximum Gasteiger partial charge on any atom is 0.287 e. The van der Waals surface area contributed by atoms with Crippen molar-refractivity contribution in [3.63, 3.8) is 0 Å². The number of rotatable bonds is 5. The van der Waals surface area contributed by atoms with Gasteiger partial charge in [0.25, 0.3) is 5.69 Å². The quantitative estimate of drug-likeness (QED) is 0.662. The van der Waals surface area contributed by atoms with Crippen molar-refractivity contribution < 1.29 is 9.66 Å². The molecule has 3 rings (SSSR count). The minimum absolute atomic E-state index is 0.0213. The lowest BCUT2D eigenvalue weighted by Crippen LogP contribution is -2.35. The summed E-state index contributed by atoms with van der Waals surface area (Å²) in [7, 11) is 0. The molecule has 120 valence electrons. The van der Waals surface area contributed by atoms with E-state index in [2.05, 4.69) is 15.2 Å². The monoisotopic (exact) mass is 306 g/mol. The molecule has 0 unspecified atom stereocenters. The van der Waals surface area contributed by atoms with Gasteiger partial charge in [-0.1, -0.05) is 0 Å². The second-order valence-corrected chi connectivity index (χ2v) is 6.04. The molecule has 2 aliphatic rings. The van der Waals surface area contributed by atoms with Gasteiger partial charge in [-0.3, -0.25) is 15.0 Å². The van der Waals surface area contributed by atoms with Crippen molar-refractivity contribution in [1.29, 1.82) is 0 Å². The Hall–Kier alpha value is -1.73. The summed E-state index contributed by atoms with van der Waals surface area (Å²) < 4.78 is 5.79. The molecule has 0 aliphatic carbocycles. The molecule has 22 heavy (non-hydrogen) atoms. The van der Waals surface area contributed by atoms with Crippen LogP contribution in [0.15, 0.2) is 18.3 Å². The van der Waals surface area contributed by atoms with Crippen molar-refractivity contribution >= 4 is 11.5 Å². The number of nitrogens with one attached hydrogen (secondary N) is 1. The zero-order valence-corrected chi connectivity index (χ0v) is 12.6. The van der Waals surface area contributed by atoms with E-state index in [1.54, 1.807) is 6.07 Å². The van der Waals surface area contributed by atoms with Crippen LogP contribution in [0.3, 0.4) is 0 Å².